The van der Waals surface area contributed by atoms with Gasteiger partial charge in [0.15, 0.2) is 0 Å². The quantitative estimate of drug-likeness (QED) is 0.438. The Bertz CT molecular complexity index is 1300. The maximum absolute atomic E-state index is 12.5. The summed E-state index contributed by atoms with van der Waals surface area (Å²) in [6.45, 7) is 1.94. The van der Waals surface area contributed by atoms with Gasteiger partial charge in [0.05, 0.1) is 10.9 Å². The molecule has 0 radical (unpaired) electrons. The highest BCUT2D eigenvalue weighted by atomic mass is 16.3. The van der Waals surface area contributed by atoms with Gasteiger partial charge in [0.25, 0.3) is 11.5 Å². The Balaban J connectivity index is 1.77. The van der Waals surface area contributed by atoms with Crippen molar-refractivity contribution in [2.24, 2.45) is 0 Å². The van der Waals surface area contributed by atoms with Gasteiger partial charge in [-0.2, -0.15) is 4.68 Å². The van der Waals surface area contributed by atoms with Gasteiger partial charge in [-0.25, -0.2) is 4.79 Å². The molecule has 0 atom stereocenters. The van der Waals surface area contributed by atoms with E-state index in [9.17, 15) is 19.5 Å². The molecule has 2 heterocycles. The van der Waals surface area contributed by atoms with E-state index in [4.69, 9.17) is 0 Å². The van der Waals surface area contributed by atoms with Crippen molar-refractivity contribution in [3.05, 3.63) is 74.6 Å². The van der Waals surface area contributed by atoms with Crippen molar-refractivity contribution in [2.45, 2.75) is 6.92 Å². The molecule has 0 bridgehead atoms. The SMILES string of the molecule is Cc1ccc2[nH]c(C(=O)Nn3c(=O)[nH]c4ccc(O)cc4c3=O)cc2c1. The third-order valence-corrected chi connectivity index (χ3v) is 4.12. The summed E-state index contributed by atoms with van der Waals surface area (Å²) < 4.78 is 0.584. The second kappa shape index (κ2) is 5.62. The lowest BCUT2D eigenvalue weighted by Gasteiger charge is -2.07. The fourth-order valence-electron chi connectivity index (χ4n) is 2.84. The highest BCUT2D eigenvalue weighted by Gasteiger charge is 2.14. The molecule has 2 aromatic carbocycles. The number of H-pyrrole nitrogens is 2. The largest absolute Gasteiger partial charge is 0.508 e. The molecule has 0 saturated heterocycles. The second-order valence-electron chi connectivity index (χ2n) is 6.02. The Hall–Kier alpha value is -3.81. The first kappa shape index (κ1) is 15.7. The van der Waals surface area contributed by atoms with Crippen LogP contribution in [0.4, 0.5) is 0 Å². The van der Waals surface area contributed by atoms with Crippen LogP contribution < -0.4 is 16.7 Å². The van der Waals surface area contributed by atoms with Crippen molar-refractivity contribution in [1.82, 2.24) is 14.6 Å². The lowest BCUT2D eigenvalue weighted by Crippen LogP contribution is -2.43. The number of carbonyl (C=O) groups is 1. The van der Waals surface area contributed by atoms with Crippen LogP contribution in [0.2, 0.25) is 0 Å². The predicted molar refractivity (Wildman–Crippen MR) is 97.2 cm³/mol. The average Bonchev–Trinajstić information content (AvgIpc) is 3.02. The number of aromatic hydroxyl groups is 1. The maximum atomic E-state index is 12.5. The van der Waals surface area contributed by atoms with E-state index in [1.165, 1.54) is 18.2 Å². The minimum Gasteiger partial charge on any atom is -0.508 e. The van der Waals surface area contributed by atoms with Gasteiger partial charge < -0.3 is 15.1 Å². The first-order chi connectivity index (χ1) is 12.4. The van der Waals surface area contributed by atoms with Gasteiger partial charge in [-0.3, -0.25) is 15.0 Å². The molecule has 0 aliphatic rings. The van der Waals surface area contributed by atoms with Crippen molar-refractivity contribution < 1.29 is 9.90 Å². The Morgan fingerprint density at radius 3 is 2.62 bits per heavy atom. The number of carbonyl (C=O) groups excluding carboxylic acids is 1. The van der Waals surface area contributed by atoms with Crippen molar-refractivity contribution in [1.29, 1.82) is 0 Å². The fourth-order valence-corrected chi connectivity index (χ4v) is 2.84. The highest BCUT2D eigenvalue weighted by Crippen LogP contribution is 2.17. The molecule has 4 aromatic rings. The van der Waals surface area contributed by atoms with E-state index in [1.54, 1.807) is 6.07 Å². The van der Waals surface area contributed by atoms with E-state index in [0.29, 0.717) is 4.68 Å². The minimum atomic E-state index is -0.784. The van der Waals surface area contributed by atoms with Crippen LogP contribution in [0.25, 0.3) is 21.8 Å². The van der Waals surface area contributed by atoms with Crippen LogP contribution in [0.5, 0.6) is 5.75 Å². The molecule has 2 aromatic heterocycles. The number of aryl methyl sites for hydroxylation is 1. The Morgan fingerprint density at radius 1 is 1.04 bits per heavy atom. The van der Waals surface area contributed by atoms with Gasteiger partial charge in [-0.15, -0.1) is 0 Å². The van der Waals surface area contributed by atoms with E-state index >= 15 is 0 Å². The van der Waals surface area contributed by atoms with Crippen LogP contribution in [0.1, 0.15) is 16.1 Å². The summed E-state index contributed by atoms with van der Waals surface area (Å²) in [6.07, 6.45) is 0. The van der Waals surface area contributed by atoms with E-state index in [1.807, 2.05) is 25.1 Å². The normalized spacial score (nSPS) is 11.1. The molecule has 4 rings (SSSR count). The van der Waals surface area contributed by atoms with Crippen LogP contribution in [-0.4, -0.2) is 25.7 Å². The Morgan fingerprint density at radius 2 is 1.81 bits per heavy atom. The number of rotatable bonds is 2. The van der Waals surface area contributed by atoms with E-state index in [2.05, 4.69) is 15.4 Å². The number of benzene rings is 2. The number of nitrogens with zero attached hydrogens (tertiary/aromatic N) is 1. The fraction of sp³-hybridized carbons (Fsp3) is 0.0556. The summed E-state index contributed by atoms with van der Waals surface area (Å²) in [6, 6.07) is 11.3. The van der Waals surface area contributed by atoms with Crippen LogP contribution >= 0.6 is 0 Å². The number of fused-ring (bicyclic) bond motifs is 2. The minimum absolute atomic E-state index is 0.0807. The molecular weight excluding hydrogens is 336 g/mol. The predicted octanol–water partition coefficient (Wildman–Crippen LogP) is 1.57. The van der Waals surface area contributed by atoms with Gasteiger partial charge in [0.1, 0.15) is 11.4 Å². The summed E-state index contributed by atoms with van der Waals surface area (Å²) in [7, 11) is 0. The van der Waals surface area contributed by atoms with Crippen LogP contribution in [0.15, 0.2) is 52.1 Å². The summed E-state index contributed by atoms with van der Waals surface area (Å²) in [5.74, 6) is -0.753. The highest BCUT2D eigenvalue weighted by molar-refractivity contribution is 6.02. The zero-order valence-electron chi connectivity index (χ0n) is 13.7. The number of aromatic nitrogens is 3. The van der Waals surface area contributed by atoms with Gasteiger partial charge >= 0.3 is 5.69 Å². The zero-order valence-corrected chi connectivity index (χ0v) is 13.7. The van der Waals surface area contributed by atoms with Crippen molar-refractivity contribution >= 4 is 27.7 Å². The molecule has 0 aliphatic heterocycles. The number of phenols is 1. The Labute approximate surface area is 145 Å². The number of hydrogen-bond donors (Lipinski definition) is 4. The van der Waals surface area contributed by atoms with Crippen molar-refractivity contribution in [2.75, 3.05) is 5.43 Å². The number of aromatic amines is 2. The third-order valence-electron chi connectivity index (χ3n) is 4.12. The van der Waals surface area contributed by atoms with Crippen molar-refractivity contribution in [3.63, 3.8) is 0 Å². The second-order valence-corrected chi connectivity index (χ2v) is 6.02. The van der Waals surface area contributed by atoms with E-state index in [-0.39, 0.29) is 22.3 Å². The standard InChI is InChI=1S/C18H14N4O4/c1-9-2-4-13-10(6-9)7-15(19-13)16(24)21-22-17(25)12-8-11(23)3-5-14(12)20-18(22)26/h2-8,19,23H,1H3,(H,20,26)(H,21,24). The first-order valence-corrected chi connectivity index (χ1v) is 7.81. The maximum Gasteiger partial charge on any atom is 0.348 e. The van der Waals surface area contributed by atoms with E-state index < -0.39 is 17.2 Å². The molecule has 0 spiro atoms. The van der Waals surface area contributed by atoms with Crippen LogP contribution in [0, 0.1) is 6.92 Å². The topological polar surface area (TPSA) is 120 Å². The van der Waals surface area contributed by atoms with Crippen molar-refractivity contribution in [3.8, 4) is 5.75 Å². The molecule has 1 amide bonds. The number of nitrogens with one attached hydrogen (secondary N) is 3. The monoisotopic (exact) mass is 350 g/mol. The lowest BCUT2D eigenvalue weighted by molar-refractivity contribution is 0.100. The van der Waals surface area contributed by atoms with Gasteiger partial charge in [-0.05, 0) is 43.3 Å². The molecule has 130 valence electrons. The smallest absolute Gasteiger partial charge is 0.348 e. The number of amides is 1. The number of phenolic OH excluding ortho intramolecular Hbond substituents is 1. The summed E-state index contributed by atoms with van der Waals surface area (Å²) >= 11 is 0. The van der Waals surface area contributed by atoms with Crippen LogP contribution in [-0.2, 0) is 0 Å². The molecule has 0 saturated carbocycles. The van der Waals surface area contributed by atoms with Gasteiger partial charge in [0, 0.05) is 10.9 Å². The number of hydrogen-bond acceptors (Lipinski definition) is 4. The molecule has 4 N–H and O–H groups in total. The molecular formula is C18H14N4O4. The molecule has 0 fully saturated rings. The van der Waals surface area contributed by atoms with Gasteiger partial charge in [0.2, 0.25) is 0 Å². The summed E-state index contributed by atoms with van der Waals surface area (Å²) in [5, 5.41) is 10.5. The summed E-state index contributed by atoms with van der Waals surface area (Å²) in [5.41, 5.74) is 3.07. The molecule has 26 heavy (non-hydrogen) atoms. The first-order valence-electron chi connectivity index (χ1n) is 7.81. The van der Waals surface area contributed by atoms with E-state index in [0.717, 1.165) is 16.5 Å². The molecule has 8 nitrogen and oxygen atoms in total. The molecule has 8 heteroatoms. The lowest BCUT2D eigenvalue weighted by atomic mass is 10.2. The van der Waals surface area contributed by atoms with Gasteiger partial charge in [-0.1, -0.05) is 11.6 Å². The zero-order chi connectivity index (χ0) is 18.4. The summed E-state index contributed by atoms with van der Waals surface area (Å²) in [4.78, 5) is 42.5. The molecule has 0 unspecified atom stereocenters. The van der Waals surface area contributed by atoms with Crippen LogP contribution in [0.3, 0.4) is 0 Å². The third kappa shape index (κ3) is 2.53. The average molecular weight is 350 g/mol. The Kier molecular flexibility index (Phi) is 3.40. The molecule has 0 aliphatic carbocycles.